The average molecular weight is 299 g/mol. The van der Waals surface area contributed by atoms with E-state index in [1.807, 2.05) is 0 Å². The van der Waals surface area contributed by atoms with Crippen LogP contribution in [0.2, 0.25) is 0 Å². The van der Waals surface area contributed by atoms with Crippen molar-refractivity contribution < 1.29 is 13.7 Å². The molecule has 0 bridgehead atoms. The molecule has 0 spiro atoms. The van der Waals surface area contributed by atoms with Gasteiger partial charge in [0.05, 0.1) is 4.92 Å². The van der Waals surface area contributed by atoms with Crippen molar-refractivity contribution in [2.45, 2.75) is 6.92 Å². The first-order chi connectivity index (χ1) is 10.5. The van der Waals surface area contributed by atoms with E-state index < -0.39 is 10.7 Å². The van der Waals surface area contributed by atoms with Crippen molar-refractivity contribution in [3.8, 4) is 22.9 Å². The maximum absolute atomic E-state index is 13.2. The average Bonchev–Trinajstić information content (AvgIpc) is 2.96. The Morgan fingerprint density at radius 3 is 2.36 bits per heavy atom. The zero-order valence-electron chi connectivity index (χ0n) is 11.5. The van der Waals surface area contributed by atoms with Gasteiger partial charge in [0.1, 0.15) is 5.82 Å². The predicted octanol–water partition coefficient (Wildman–Crippen LogP) is 3.76. The quantitative estimate of drug-likeness (QED) is 0.543. The molecule has 0 amide bonds. The molecule has 0 aliphatic rings. The lowest BCUT2D eigenvalue weighted by Crippen LogP contribution is -1.91. The molecule has 3 rings (SSSR count). The highest BCUT2D eigenvalue weighted by atomic mass is 19.1. The van der Waals surface area contributed by atoms with Crippen LogP contribution in [0.3, 0.4) is 0 Å². The summed E-state index contributed by atoms with van der Waals surface area (Å²) in [6.45, 7) is 1.63. The third kappa shape index (κ3) is 2.56. The van der Waals surface area contributed by atoms with E-state index in [9.17, 15) is 14.5 Å². The van der Waals surface area contributed by atoms with Crippen LogP contribution in [0, 0.1) is 22.9 Å². The molecule has 0 fully saturated rings. The second kappa shape index (κ2) is 5.36. The molecule has 0 radical (unpaired) electrons. The molecule has 6 nitrogen and oxygen atoms in total. The van der Waals surface area contributed by atoms with E-state index in [1.54, 1.807) is 25.1 Å². The minimum absolute atomic E-state index is 0.0219. The van der Waals surface area contributed by atoms with E-state index >= 15 is 0 Å². The number of nitro groups is 1. The number of nitrogens with zero attached hydrogens (tertiary/aromatic N) is 3. The Balaban J connectivity index is 1.97. The van der Waals surface area contributed by atoms with Crippen molar-refractivity contribution in [3.63, 3.8) is 0 Å². The fourth-order valence-electron chi connectivity index (χ4n) is 2.07. The molecule has 0 unspecified atom stereocenters. The smallest absolute Gasteiger partial charge is 0.272 e. The summed E-state index contributed by atoms with van der Waals surface area (Å²) in [5.74, 6) is 0.00574. The number of hydrogen-bond donors (Lipinski definition) is 0. The van der Waals surface area contributed by atoms with Crippen LogP contribution in [0.25, 0.3) is 22.9 Å². The van der Waals surface area contributed by atoms with Gasteiger partial charge in [0.2, 0.25) is 11.8 Å². The zero-order valence-corrected chi connectivity index (χ0v) is 11.5. The summed E-state index contributed by atoms with van der Waals surface area (Å²) in [6.07, 6.45) is 0. The number of nitro benzene ring substituents is 1. The first kappa shape index (κ1) is 13.9. The van der Waals surface area contributed by atoms with Gasteiger partial charge in [-0.05, 0) is 37.3 Å². The van der Waals surface area contributed by atoms with Crippen molar-refractivity contribution in [1.82, 2.24) is 10.2 Å². The molecule has 0 saturated carbocycles. The van der Waals surface area contributed by atoms with E-state index in [4.69, 9.17) is 4.42 Å². The van der Waals surface area contributed by atoms with Gasteiger partial charge in [-0.2, -0.15) is 0 Å². The Morgan fingerprint density at radius 1 is 1.09 bits per heavy atom. The van der Waals surface area contributed by atoms with Crippen LogP contribution >= 0.6 is 0 Å². The SMILES string of the molecule is Cc1cc(-c2nnc(-c3cccc(F)c3)o2)ccc1[N+](=O)[O-]. The highest BCUT2D eigenvalue weighted by molar-refractivity contribution is 5.61. The number of benzene rings is 2. The second-order valence-electron chi connectivity index (χ2n) is 4.68. The molecule has 3 aromatic rings. The molecule has 7 heteroatoms. The van der Waals surface area contributed by atoms with E-state index in [1.165, 1.54) is 24.3 Å². The van der Waals surface area contributed by atoms with E-state index in [-0.39, 0.29) is 17.5 Å². The van der Waals surface area contributed by atoms with E-state index in [0.717, 1.165) is 0 Å². The van der Waals surface area contributed by atoms with Gasteiger partial charge in [0.15, 0.2) is 0 Å². The van der Waals surface area contributed by atoms with Gasteiger partial charge in [-0.25, -0.2) is 4.39 Å². The number of rotatable bonds is 3. The molecular weight excluding hydrogens is 289 g/mol. The van der Waals surface area contributed by atoms with Crippen LogP contribution in [-0.4, -0.2) is 15.1 Å². The van der Waals surface area contributed by atoms with E-state index in [2.05, 4.69) is 10.2 Å². The first-order valence-electron chi connectivity index (χ1n) is 6.39. The summed E-state index contributed by atoms with van der Waals surface area (Å²) in [5.41, 5.74) is 1.55. The summed E-state index contributed by atoms with van der Waals surface area (Å²) < 4.78 is 18.7. The highest BCUT2D eigenvalue weighted by Crippen LogP contribution is 2.27. The van der Waals surface area contributed by atoms with Crippen molar-refractivity contribution in [2.75, 3.05) is 0 Å². The fraction of sp³-hybridized carbons (Fsp3) is 0.0667. The molecule has 0 atom stereocenters. The lowest BCUT2D eigenvalue weighted by molar-refractivity contribution is -0.385. The molecule has 1 heterocycles. The zero-order chi connectivity index (χ0) is 15.7. The Hall–Kier alpha value is -3.09. The molecule has 110 valence electrons. The maximum Gasteiger partial charge on any atom is 0.272 e. The van der Waals surface area contributed by atoms with Crippen LogP contribution in [0.15, 0.2) is 46.9 Å². The molecule has 22 heavy (non-hydrogen) atoms. The normalized spacial score (nSPS) is 10.6. The predicted molar refractivity (Wildman–Crippen MR) is 76.5 cm³/mol. The summed E-state index contributed by atoms with van der Waals surface area (Å²) in [5, 5.41) is 18.6. The maximum atomic E-state index is 13.2. The summed E-state index contributed by atoms with van der Waals surface area (Å²) in [4.78, 5) is 10.4. The van der Waals surface area contributed by atoms with Gasteiger partial charge in [-0.1, -0.05) is 6.07 Å². The Morgan fingerprint density at radius 2 is 1.77 bits per heavy atom. The molecule has 0 saturated heterocycles. The molecule has 2 aromatic carbocycles. The van der Waals surface area contributed by atoms with Crippen molar-refractivity contribution in [3.05, 3.63) is 64.0 Å². The van der Waals surface area contributed by atoms with Gasteiger partial charge in [0.25, 0.3) is 5.69 Å². The van der Waals surface area contributed by atoms with Crippen LogP contribution < -0.4 is 0 Å². The molecule has 0 aliphatic heterocycles. The summed E-state index contributed by atoms with van der Waals surface area (Å²) >= 11 is 0. The highest BCUT2D eigenvalue weighted by Gasteiger charge is 2.15. The molecule has 0 N–H and O–H groups in total. The molecular formula is C15H10FN3O3. The molecule has 0 aliphatic carbocycles. The fourth-order valence-corrected chi connectivity index (χ4v) is 2.07. The lowest BCUT2D eigenvalue weighted by Gasteiger charge is -1.99. The summed E-state index contributed by atoms with van der Waals surface area (Å²) in [7, 11) is 0. The van der Waals surface area contributed by atoms with Gasteiger partial charge in [-0.15, -0.1) is 10.2 Å². The largest absolute Gasteiger partial charge is 0.416 e. The van der Waals surface area contributed by atoms with Crippen molar-refractivity contribution in [2.24, 2.45) is 0 Å². The monoisotopic (exact) mass is 299 g/mol. The Labute approximate surface area is 124 Å². The Bertz CT molecular complexity index is 861. The van der Waals surface area contributed by atoms with Crippen LogP contribution in [0.5, 0.6) is 0 Å². The second-order valence-corrected chi connectivity index (χ2v) is 4.68. The standard InChI is InChI=1S/C15H10FN3O3/c1-9-7-11(5-6-13(9)19(20)21)15-18-17-14(22-15)10-3-2-4-12(16)8-10/h2-8H,1H3. The van der Waals surface area contributed by atoms with Gasteiger partial charge in [0, 0.05) is 22.8 Å². The third-order valence-electron chi connectivity index (χ3n) is 3.14. The minimum Gasteiger partial charge on any atom is -0.416 e. The number of aromatic nitrogens is 2. The lowest BCUT2D eigenvalue weighted by atomic mass is 10.1. The van der Waals surface area contributed by atoms with Crippen LogP contribution in [0.4, 0.5) is 10.1 Å². The van der Waals surface area contributed by atoms with Crippen LogP contribution in [0.1, 0.15) is 5.56 Å². The minimum atomic E-state index is -0.453. The van der Waals surface area contributed by atoms with Crippen molar-refractivity contribution in [1.29, 1.82) is 0 Å². The number of hydrogen-bond acceptors (Lipinski definition) is 5. The van der Waals surface area contributed by atoms with Crippen molar-refractivity contribution >= 4 is 5.69 Å². The Kier molecular flexibility index (Phi) is 3.38. The molecule has 1 aromatic heterocycles. The van der Waals surface area contributed by atoms with Gasteiger partial charge < -0.3 is 4.42 Å². The summed E-state index contributed by atoms with van der Waals surface area (Å²) in [6, 6.07) is 10.3. The van der Waals surface area contributed by atoms with Gasteiger partial charge >= 0.3 is 0 Å². The van der Waals surface area contributed by atoms with Crippen LogP contribution in [-0.2, 0) is 0 Å². The third-order valence-corrected chi connectivity index (χ3v) is 3.14. The number of aryl methyl sites for hydroxylation is 1. The van der Waals surface area contributed by atoms with E-state index in [0.29, 0.717) is 16.7 Å². The first-order valence-corrected chi connectivity index (χ1v) is 6.39. The topological polar surface area (TPSA) is 82.1 Å². The van der Waals surface area contributed by atoms with Gasteiger partial charge in [-0.3, -0.25) is 10.1 Å². The number of halogens is 1.